The molecule has 0 saturated heterocycles. The van der Waals surface area contributed by atoms with Gasteiger partial charge in [-0.3, -0.25) is 9.59 Å². The van der Waals surface area contributed by atoms with E-state index in [1.807, 2.05) is 48.6 Å². The van der Waals surface area contributed by atoms with Crippen LogP contribution in [0.4, 0.5) is 0 Å². The van der Waals surface area contributed by atoms with Crippen LogP contribution in [0.3, 0.4) is 0 Å². The van der Waals surface area contributed by atoms with Gasteiger partial charge in [0.2, 0.25) is 5.91 Å². The fourth-order valence-corrected chi connectivity index (χ4v) is 2.74. The molecule has 0 spiro atoms. The minimum Gasteiger partial charge on any atom is -0.383 e. The van der Waals surface area contributed by atoms with Crippen LogP contribution >= 0.6 is 0 Å². The maximum atomic E-state index is 11.9. The summed E-state index contributed by atoms with van der Waals surface area (Å²) in [5.41, 5.74) is 1.01. The number of aliphatic hydroxyl groups is 1. The molecule has 1 rings (SSSR count). The van der Waals surface area contributed by atoms with Gasteiger partial charge in [0, 0.05) is 13.0 Å². The van der Waals surface area contributed by atoms with Crippen molar-refractivity contribution in [2.24, 2.45) is 0 Å². The monoisotopic (exact) mass is 397 g/mol. The normalized spacial score (nSPS) is 12.8. The number of unbranched alkanes of at least 4 members (excludes halogenated alkanes) is 4. The van der Waals surface area contributed by atoms with E-state index in [9.17, 15) is 14.7 Å². The SMILES string of the molecule is CCCC=CC=CC=CC(=O)CCCCCCC(O)C(=O)NCc1ccccc1. The van der Waals surface area contributed by atoms with Crippen molar-refractivity contribution in [2.75, 3.05) is 0 Å². The third-order valence-corrected chi connectivity index (χ3v) is 4.47. The molecule has 0 aliphatic carbocycles. The lowest BCUT2D eigenvalue weighted by Gasteiger charge is -2.11. The molecule has 1 aromatic carbocycles. The summed E-state index contributed by atoms with van der Waals surface area (Å²) in [5.74, 6) is -0.195. The zero-order chi connectivity index (χ0) is 21.2. The van der Waals surface area contributed by atoms with E-state index in [2.05, 4.69) is 18.3 Å². The molecule has 1 unspecified atom stereocenters. The first-order valence-electron chi connectivity index (χ1n) is 10.7. The molecule has 0 fully saturated rings. The summed E-state index contributed by atoms with van der Waals surface area (Å²) in [6, 6.07) is 9.63. The molecule has 1 aromatic rings. The van der Waals surface area contributed by atoms with Crippen LogP contribution in [0.15, 0.2) is 66.8 Å². The predicted octanol–water partition coefficient (Wildman–Crippen LogP) is 5.04. The second-order valence-electron chi connectivity index (χ2n) is 7.10. The van der Waals surface area contributed by atoms with Crippen molar-refractivity contribution in [3.8, 4) is 0 Å². The molecule has 0 saturated carbocycles. The van der Waals surface area contributed by atoms with Gasteiger partial charge in [-0.25, -0.2) is 0 Å². The van der Waals surface area contributed by atoms with Crippen molar-refractivity contribution < 1.29 is 14.7 Å². The standard InChI is InChI=1S/C25H35NO3/c1-2-3-4-5-6-7-13-18-23(27)19-14-8-9-15-20-24(28)25(29)26-21-22-16-11-10-12-17-22/h4-7,10-13,16-18,24,28H,2-3,8-9,14-15,19-21H2,1H3,(H,26,29). The van der Waals surface area contributed by atoms with Crippen LogP contribution in [0.1, 0.15) is 63.9 Å². The summed E-state index contributed by atoms with van der Waals surface area (Å²) >= 11 is 0. The molecule has 0 aromatic heterocycles. The number of hydrogen-bond donors (Lipinski definition) is 2. The van der Waals surface area contributed by atoms with Crippen molar-refractivity contribution >= 4 is 11.7 Å². The summed E-state index contributed by atoms with van der Waals surface area (Å²) < 4.78 is 0. The molecule has 0 radical (unpaired) electrons. The maximum Gasteiger partial charge on any atom is 0.249 e. The number of hydrogen-bond acceptors (Lipinski definition) is 3. The van der Waals surface area contributed by atoms with Crippen LogP contribution < -0.4 is 5.32 Å². The smallest absolute Gasteiger partial charge is 0.249 e. The number of carbonyl (C=O) groups is 2. The van der Waals surface area contributed by atoms with Gasteiger partial charge in [-0.15, -0.1) is 0 Å². The molecule has 0 aliphatic rings. The average molecular weight is 398 g/mol. The number of carbonyl (C=O) groups excluding carboxylic acids is 2. The lowest BCUT2D eigenvalue weighted by Crippen LogP contribution is -2.34. The molecule has 2 N–H and O–H groups in total. The largest absolute Gasteiger partial charge is 0.383 e. The Morgan fingerprint density at radius 2 is 1.72 bits per heavy atom. The van der Waals surface area contributed by atoms with E-state index in [4.69, 9.17) is 0 Å². The second-order valence-corrected chi connectivity index (χ2v) is 7.10. The van der Waals surface area contributed by atoms with E-state index in [0.29, 0.717) is 19.4 Å². The van der Waals surface area contributed by atoms with Gasteiger partial charge in [-0.1, -0.05) is 93.3 Å². The van der Waals surface area contributed by atoms with Gasteiger partial charge < -0.3 is 10.4 Å². The maximum absolute atomic E-state index is 11.9. The number of nitrogens with one attached hydrogen (secondary N) is 1. The van der Waals surface area contributed by atoms with Crippen LogP contribution in [0, 0.1) is 0 Å². The van der Waals surface area contributed by atoms with Gasteiger partial charge in [0.15, 0.2) is 5.78 Å². The number of ketones is 1. The van der Waals surface area contributed by atoms with Gasteiger partial charge in [-0.05, 0) is 30.9 Å². The Balaban J connectivity index is 2.05. The topological polar surface area (TPSA) is 66.4 Å². The lowest BCUT2D eigenvalue weighted by molar-refractivity contribution is -0.129. The fraction of sp³-hybridized carbons (Fsp3) is 0.440. The van der Waals surface area contributed by atoms with Gasteiger partial charge >= 0.3 is 0 Å². The Morgan fingerprint density at radius 1 is 1.00 bits per heavy atom. The van der Waals surface area contributed by atoms with Gasteiger partial charge in [0.25, 0.3) is 0 Å². The minimum absolute atomic E-state index is 0.132. The summed E-state index contributed by atoms with van der Waals surface area (Å²) in [6.07, 6.45) is 17.0. The molecular formula is C25H35NO3. The highest BCUT2D eigenvalue weighted by Gasteiger charge is 2.13. The second kappa shape index (κ2) is 16.5. The van der Waals surface area contributed by atoms with E-state index >= 15 is 0 Å². The van der Waals surface area contributed by atoms with Crippen molar-refractivity contribution in [1.29, 1.82) is 0 Å². The molecule has 0 bridgehead atoms. The number of allylic oxidation sites excluding steroid dienone is 6. The molecule has 4 nitrogen and oxygen atoms in total. The minimum atomic E-state index is -0.971. The summed E-state index contributed by atoms with van der Waals surface area (Å²) in [5, 5.41) is 12.7. The van der Waals surface area contributed by atoms with Gasteiger partial charge in [-0.2, -0.15) is 0 Å². The van der Waals surface area contributed by atoms with E-state index in [-0.39, 0.29) is 11.7 Å². The molecule has 4 heteroatoms. The molecule has 158 valence electrons. The van der Waals surface area contributed by atoms with Gasteiger partial charge in [0.05, 0.1) is 0 Å². The first kappa shape index (κ1) is 24.6. The summed E-state index contributed by atoms with van der Waals surface area (Å²) in [6.45, 7) is 2.56. The first-order valence-corrected chi connectivity index (χ1v) is 10.7. The Bertz CT molecular complexity index is 662. The summed E-state index contributed by atoms with van der Waals surface area (Å²) in [4.78, 5) is 23.7. The Labute approximate surface area is 175 Å². The molecule has 1 amide bonds. The average Bonchev–Trinajstić information content (AvgIpc) is 2.74. The van der Waals surface area contributed by atoms with Crippen molar-refractivity contribution in [2.45, 2.75) is 70.9 Å². The number of amides is 1. The summed E-state index contributed by atoms with van der Waals surface area (Å²) in [7, 11) is 0. The van der Waals surface area contributed by atoms with Crippen molar-refractivity contribution in [3.05, 3.63) is 72.4 Å². The third-order valence-electron chi connectivity index (χ3n) is 4.47. The highest BCUT2D eigenvalue weighted by atomic mass is 16.3. The van der Waals surface area contributed by atoms with E-state index in [0.717, 1.165) is 44.1 Å². The van der Waals surface area contributed by atoms with Crippen LogP contribution in [-0.2, 0) is 16.1 Å². The van der Waals surface area contributed by atoms with Crippen LogP contribution in [0.2, 0.25) is 0 Å². The van der Waals surface area contributed by atoms with Crippen LogP contribution in [-0.4, -0.2) is 22.9 Å². The molecular weight excluding hydrogens is 362 g/mol. The number of aliphatic hydroxyl groups excluding tert-OH is 1. The predicted molar refractivity (Wildman–Crippen MR) is 119 cm³/mol. The van der Waals surface area contributed by atoms with Crippen molar-refractivity contribution in [1.82, 2.24) is 5.32 Å². The zero-order valence-corrected chi connectivity index (χ0v) is 17.6. The first-order chi connectivity index (χ1) is 14.1. The Kier molecular flexibility index (Phi) is 14.0. The third kappa shape index (κ3) is 13.4. The Morgan fingerprint density at radius 3 is 2.48 bits per heavy atom. The number of benzene rings is 1. The fourth-order valence-electron chi connectivity index (χ4n) is 2.74. The quantitative estimate of drug-likeness (QED) is 0.247. The zero-order valence-electron chi connectivity index (χ0n) is 17.6. The molecule has 1 atom stereocenters. The van der Waals surface area contributed by atoms with Crippen LogP contribution in [0.5, 0.6) is 0 Å². The lowest BCUT2D eigenvalue weighted by atomic mass is 10.1. The van der Waals surface area contributed by atoms with E-state index in [1.165, 1.54) is 0 Å². The van der Waals surface area contributed by atoms with Crippen molar-refractivity contribution in [3.63, 3.8) is 0 Å². The number of rotatable bonds is 15. The molecule has 0 heterocycles. The van der Waals surface area contributed by atoms with Crippen LogP contribution in [0.25, 0.3) is 0 Å². The molecule has 29 heavy (non-hydrogen) atoms. The molecule has 0 aliphatic heterocycles. The van der Waals surface area contributed by atoms with Gasteiger partial charge in [0.1, 0.15) is 6.10 Å². The van der Waals surface area contributed by atoms with E-state index in [1.54, 1.807) is 12.2 Å². The Hall–Kier alpha value is -2.46. The highest BCUT2D eigenvalue weighted by molar-refractivity contribution is 5.89. The highest BCUT2D eigenvalue weighted by Crippen LogP contribution is 2.09. The van der Waals surface area contributed by atoms with E-state index < -0.39 is 6.10 Å².